The summed E-state index contributed by atoms with van der Waals surface area (Å²) in [7, 11) is 3.26. The van der Waals surface area contributed by atoms with Crippen molar-refractivity contribution in [3.63, 3.8) is 0 Å². The minimum Gasteiger partial charge on any atom is -0.493 e. The van der Waals surface area contributed by atoms with Gasteiger partial charge in [-0.2, -0.15) is 5.10 Å². The van der Waals surface area contributed by atoms with Crippen LogP contribution >= 0.6 is 0 Å². The minimum absolute atomic E-state index is 0.0299. The average molecular weight is 259 g/mol. The summed E-state index contributed by atoms with van der Waals surface area (Å²) < 4.78 is 6.69. The summed E-state index contributed by atoms with van der Waals surface area (Å²) in [6.07, 6.45) is 1.84. The SMILES string of the molecule is COc1cnn(C)c1C(=O)Cc1ccccc1CN. The van der Waals surface area contributed by atoms with E-state index < -0.39 is 0 Å². The van der Waals surface area contributed by atoms with Crippen LogP contribution in [0.3, 0.4) is 0 Å². The van der Waals surface area contributed by atoms with Crippen LogP contribution in [0.2, 0.25) is 0 Å². The van der Waals surface area contributed by atoms with Crippen LogP contribution < -0.4 is 10.5 Å². The van der Waals surface area contributed by atoms with Crippen LogP contribution in [-0.2, 0) is 20.0 Å². The highest BCUT2D eigenvalue weighted by Crippen LogP contribution is 2.20. The molecule has 0 radical (unpaired) electrons. The van der Waals surface area contributed by atoms with Crippen molar-refractivity contribution in [3.8, 4) is 5.75 Å². The third-order valence-electron chi connectivity index (χ3n) is 3.08. The van der Waals surface area contributed by atoms with Gasteiger partial charge in [0, 0.05) is 20.0 Å². The summed E-state index contributed by atoms with van der Waals surface area (Å²) in [5.41, 5.74) is 8.08. The van der Waals surface area contributed by atoms with Crippen molar-refractivity contribution in [3.05, 3.63) is 47.3 Å². The fourth-order valence-electron chi connectivity index (χ4n) is 2.07. The maximum atomic E-state index is 12.4. The fourth-order valence-corrected chi connectivity index (χ4v) is 2.07. The third kappa shape index (κ3) is 2.66. The predicted molar refractivity (Wildman–Crippen MR) is 72.1 cm³/mol. The summed E-state index contributed by atoms with van der Waals surface area (Å²) in [6.45, 7) is 0.423. The van der Waals surface area contributed by atoms with Gasteiger partial charge in [-0.3, -0.25) is 9.48 Å². The number of carbonyl (C=O) groups excluding carboxylic acids is 1. The Morgan fingerprint density at radius 2 is 2.05 bits per heavy atom. The molecule has 100 valence electrons. The quantitative estimate of drug-likeness (QED) is 0.822. The standard InChI is InChI=1S/C14H17N3O2/c1-17-14(13(19-2)9-16-17)12(18)7-10-5-3-4-6-11(10)8-15/h3-6,9H,7-8,15H2,1-2H3. The molecular formula is C14H17N3O2. The first kappa shape index (κ1) is 13.3. The second kappa shape index (κ2) is 5.67. The third-order valence-corrected chi connectivity index (χ3v) is 3.08. The molecule has 1 heterocycles. The van der Waals surface area contributed by atoms with E-state index >= 15 is 0 Å². The number of aryl methyl sites for hydroxylation is 1. The number of Topliss-reactive ketones (excluding diaryl/α,β-unsaturated/α-hetero) is 1. The zero-order chi connectivity index (χ0) is 13.8. The molecule has 5 heteroatoms. The number of hydrogen-bond donors (Lipinski definition) is 1. The van der Waals surface area contributed by atoms with E-state index in [1.807, 2.05) is 24.3 Å². The normalized spacial score (nSPS) is 10.5. The number of rotatable bonds is 5. The number of nitrogens with two attached hydrogens (primary N) is 1. The summed E-state index contributed by atoms with van der Waals surface area (Å²) in [4.78, 5) is 12.4. The van der Waals surface area contributed by atoms with Crippen molar-refractivity contribution in [2.24, 2.45) is 12.8 Å². The Hall–Kier alpha value is -2.14. The van der Waals surface area contributed by atoms with Crippen LogP contribution in [0.15, 0.2) is 30.5 Å². The molecule has 2 rings (SSSR count). The van der Waals surface area contributed by atoms with Crippen LogP contribution in [0, 0.1) is 0 Å². The van der Waals surface area contributed by atoms with E-state index in [4.69, 9.17) is 10.5 Å². The van der Waals surface area contributed by atoms with Crippen molar-refractivity contribution in [1.29, 1.82) is 0 Å². The lowest BCUT2D eigenvalue weighted by Crippen LogP contribution is -2.13. The Kier molecular flexibility index (Phi) is 3.97. The number of methoxy groups -OCH3 is 1. The van der Waals surface area contributed by atoms with E-state index in [1.54, 1.807) is 13.2 Å². The van der Waals surface area contributed by atoms with Crippen molar-refractivity contribution in [2.75, 3.05) is 7.11 Å². The lowest BCUT2D eigenvalue weighted by Gasteiger charge is -2.08. The van der Waals surface area contributed by atoms with Crippen molar-refractivity contribution in [2.45, 2.75) is 13.0 Å². The molecule has 0 fully saturated rings. The Morgan fingerprint density at radius 3 is 2.68 bits per heavy atom. The van der Waals surface area contributed by atoms with Crippen LogP contribution in [0.4, 0.5) is 0 Å². The van der Waals surface area contributed by atoms with Gasteiger partial charge in [-0.15, -0.1) is 0 Å². The number of carbonyl (C=O) groups is 1. The lowest BCUT2D eigenvalue weighted by molar-refractivity contribution is 0.0980. The first-order valence-corrected chi connectivity index (χ1v) is 6.03. The maximum absolute atomic E-state index is 12.4. The Labute approximate surface area is 112 Å². The van der Waals surface area contributed by atoms with Crippen LogP contribution in [0.5, 0.6) is 5.75 Å². The largest absolute Gasteiger partial charge is 0.493 e. The Bertz CT molecular complexity index is 590. The molecule has 5 nitrogen and oxygen atoms in total. The van der Waals surface area contributed by atoms with Crippen LogP contribution in [-0.4, -0.2) is 22.7 Å². The first-order valence-electron chi connectivity index (χ1n) is 6.03. The van der Waals surface area contributed by atoms with Crippen molar-refractivity contribution in [1.82, 2.24) is 9.78 Å². The number of nitrogens with zero attached hydrogens (tertiary/aromatic N) is 2. The lowest BCUT2D eigenvalue weighted by atomic mass is 10.0. The van der Waals surface area contributed by atoms with Gasteiger partial charge in [-0.05, 0) is 11.1 Å². The minimum atomic E-state index is -0.0299. The smallest absolute Gasteiger partial charge is 0.189 e. The monoisotopic (exact) mass is 259 g/mol. The predicted octanol–water partition coefficient (Wildman–Crippen LogP) is 1.31. The van der Waals surface area contributed by atoms with E-state index in [-0.39, 0.29) is 5.78 Å². The first-order chi connectivity index (χ1) is 9.17. The Balaban J connectivity index is 2.28. The van der Waals surface area contributed by atoms with E-state index in [0.29, 0.717) is 24.4 Å². The second-order valence-corrected chi connectivity index (χ2v) is 4.26. The molecule has 0 aliphatic heterocycles. The number of aromatic nitrogens is 2. The highest BCUT2D eigenvalue weighted by Gasteiger charge is 2.18. The van der Waals surface area contributed by atoms with E-state index in [0.717, 1.165) is 11.1 Å². The molecule has 2 aromatic rings. The molecule has 0 aliphatic carbocycles. The molecule has 1 aromatic carbocycles. The molecule has 2 N–H and O–H groups in total. The topological polar surface area (TPSA) is 70.1 Å². The molecule has 0 atom stereocenters. The van der Waals surface area contributed by atoms with Gasteiger partial charge in [0.25, 0.3) is 0 Å². The fraction of sp³-hybridized carbons (Fsp3) is 0.286. The molecule has 0 spiro atoms. The van der Waals surface area contributed by atoms with Crippen molar-refractivity contribution >= 4 is 5.78 Å². The molecule has 0 saturated heterocycles. The summed E-state index contributed by atoms with van der Waals surface area (Å²) in [5, 5.41) is 4.04. The van der Waals surface area contributed by atoms with Gasteiger partial charge < -0.3 is 10.5 Å². The summed E-state index contributed by atoms with van der Waals surface area (Å²) in [6, 6.07) is 7.68. The summed E-state index contributed by atoms with van der Waals surface area (Å²) >= 11 is 0. The maximum Gasteiger partial charge on any atom is 0.189 e. The summed E-state index contributed by atoms with van der Waals surface area (Å²) in [5.74, 6) is 0.468. The zero-order valence-corrected chi connectivity index (χ0v) is 11.1. The Morgan fingerprint density at radius 1 is 1.37 bits per heavy atom. The second-order valence-electron chi connectivity index (χ2n) is 4.26. The van der Waals surface area contributed by atoms with Gasteiger partial charge in [0.1, 0.15) is 5.69 Å². The van der Waals surface area contributed by atoms with E-state index in [9.17, 15) is 4.79 Å². The average Bonchev–Trinajstić information content (AvgIpc) is 2.80. The molecule has 1 aromatic heterocycles. The van der Waals surface area contributed by atoms with Gasteiger partial charge >= 0.3 is 0 Å². The van der Waals surface area contributed by atoms with Gasteiger partial charge in [-0.25, -0.2) is 0 Å². The van der Waals surface area contributed by atoms with Gasteiger partial charge in [-0.1, -0.05) is 24.3 Å². The van der Waals surface area contributed by atoms with Gasteiger partial charge in [0.05, 0.1) is 13.3 Å². The molecule has 0 saturated carbocycles. The number of hydrogen-bond acceptors (Lipinski definition) is 4. The van der Waals surface area contributed by atoms with Crippen LogP contribution in [0.25, 0.3) is 0 Å². The highest BCUT2D eigenvalue weighted by molar-refractivity contribution is 5.98. The molecule has 0 aliphatic rings. The number of ketones is 1. The zero-order valence-electron chi connectivity index (χ0n) is 11.1. The van der Waals surface area contributed by atoms with Gasteiger partial charge in [0.2, 0.25) is 0 Å². The van der Waals surface area contributed by atoms with Crippen molar-refractivity contribution < 1.29 is 9.53 Å². The van der Waals surface area contributed by atoms with Gasteiger partial charge in [0.15, 0.2) is 11.5 Å². The molecule has 0 unspecified atom stereocenters. The number of ether oxygens (including phenoxy) is 1. The molecule has 0 amide bonds. The van der Waals surface area contributed by atoms with E-state index in [1.165, 1.54) is 11.8 Å². The highest BCUT2D eigenvalue weighted by atomic mass is 16.5. The molecule has 19 heavy (non-hydrogen) atoms. The number of benzene rings is 1. The molecular weight excluding hydrogens is 242 g/mol. The molecule has 0 bridgehead atoms. The van der Waals surface area contributed by atoms with Crippen LogP contribution in [0.1, 0.15) is 21.6 Å². The van der Waals surface area contributed by atoms with E-state index in [2.05, 4.69) is 5.10 Å².